The van der Waals surface area contributed by atoms with E-state index in [1.54, 1.807) is 6.08 Å². The molecule has 2 rings (SSSR count). The molecule has 0 saturated carbocycles. The van der Waals surface area contributed by atoms with E-state index in [1.807, 2.05) is 0 Å². The van der Waals surface area contributed by atoms with Gasteiger partial charge in [-0.15, -0.1) is 6.58 Å². The van der Waals surface area contributed by atoms with Crippen molar-refractivity contribution in [3.05, 3.63) is 45.6 Å². The second-order valence-corrected chi connectivity index (χ2v) is 5.19. The molecule has 1 saturated heterocycles. The Balaban J connectivity index is 2.24. The highest BCUT2D eigenvalue weighted by Gasteiger charge is 2.31. The summed E-state index contributed by atoms with van der Waals surface area (Å²) >= 11 is 6.19. The van der Waals surface area contributed by atoms with Crippen molar-refractivity contribution in [1.82, 2.24) is 4.90 Å². The first-order valence-corrected chi connectivity index (χ1v) is 6.36. The van der Waals surface area contributed by atoms with E-state index in [0.29, 0.717) is 15.8 Å². The molecule has 0 radical (unpaired) electrons. The molecule has 0 aromatic carbocycles. The summed E-state index contributed by atoms with van der Waals surface area (Å²) in [6.45, 7) is 3.88. The van der Waals surface area contributed by atoms with Gasteiger partial charge < -0.3 is 4.42 Å². The minimum Gasteiger partial charge on any atom is -0.401 e. The van der Waals surface area contributed by atoms with Crippen LogP contribution in [0, 0.1) is 10.1 Å². The lowest BCUT2D eigenvalue weighted by Crippen LogP contribution is -2.27. The molecule has 8 heteroatoms. The van der Waals surface area contributed by atoms with Crippen molar-refractivity contribution >= 4 is 46.2 Å². The fourth-order valence-corrected chi connectivity index (χ4v) is 2.69. The van der Waals surface area contributed by atoms with Gasteiger partial charge in [-0.1, -0.05) is 30.1 Å². The summed E-state index contributed by atoms with van der Waals surface area (Å²) in [5.74, 6) is -0.382. The lowest BCUT2D eigenvalue weighted by molar-refractivity contribution is -0.402. The number of thioether (sulfide) groups is 1. The number of rotatable bonds is 4. The van der Waals surface area contributed by atoms with Crippen LogP contribution in [0.2, 0.25) is 0 Å². The molecule has 1 amide bonds. The number of carbonyl (C=O) groups is 1. The summed E-state index contributed by atoms with van der Waals surface area (Å²) < 4.78 is 5.39. The number of hydrogen-bond donors (Lipinski definition) is 0. The van der Waals surface area contributed by atoms with Crippen LogP contribution in [0.25, 0.3) is 6.08 Å². The van der Waals surface area contributed by atoms with Crippen LogP contribution in [0.4, 0.5) is 5.88 Å². The van der Waals surface area contributed by atoms with Gasteiger partial charge in [0.05, 0.1) is 11.0 Å². The Hall–Kier alpha value is -1.93. The highest BCUT2D eigenvalue weighted by atomic mass is 32.2. The SMILES string of the molecule is C=CCN1C(=O)/C(=C/c2ccc([N+](=O)[O-])o2)SC1=S. The van der Waals surface area contributed by atoms with Crippen LogP contribution in [0.1, 0.15) is 5.76 Å². The molecule has 0 aliphatic carbocycles. The number of nitro groups is 1. The first-order valence-electron chi connectivity index (χ1n) is 5.13. The molecule has 0 spiro atoms. The second kappa shape index (κ2) is 5.37. The molecule has 1 aromatic heterocycles. The highest BCUT2D eigenvalue weighted by Crippen LogP contribution is 2.33. The van der Waals surface area contributed by atoms with Crippen LogP contribution in [0.3, 0.4) is 0 Å². The normalized spacial score (nSPS) is 17.3. The molecule has 0 unspecified atom stereocenters. The van der Waals surface area contributed by atoms with Crippen LogP contribution in [0.15, 0.2) is 34.1 Å². The van der Waals surface area contributed by atoms with Crippen molar-refractivity contribution in [3.8, 4) is 0 Å². The van der Waals surface area contributed by atoms with E-state index in [1.165, 1.54) is 23.1 Å². The highest BCUT2D eigenvalue weighted by molar-refractivity contribution is 8.26. The van der Waals surface area contributed by atoms with Crippen molar-refractivity contribution in [2.24, 2.45) is 0 Å². The van der Waals surface area contributed by atoms with Gasteiger partial charge in [-0.25, -0.2) is 0 Å². The predicted octanol–water partition coefficient (Wildman–Crippen LogP) is 2.58. The molecule has 19 heavy (non-hydrogen) atoms. The molecular weight excluding hydrogens is 288 g/mol. The molecule has 98 valence electrons. The van der Waals surface area contributed by atoms with Crippen molar-refractivity contribution < 1.29 is 14.1 Å². The smallest absolute Gasteiger partial charge is 0.401 e. The van der Waals surface area contributed by atoms with Crippen molar-refractivity contribution in [1.29, 1.82) is 0 Å². The second-order valence-electron chi connectivity index (χ2n) is 3.51. The summed E-state index contributed by atoms with van der Waals surface area (Å²) in [6, 6.07) is 2.66. The molecule has 0 atom stereocenters. The van der Waals surface area contributed by atoms with Crippen molar-refractivity contribution in [2.75, 3.05) is 6.54 Å². The summed E-state index contributed by atoms with van der Waals surface area (Å²) in [4.78, 5) is 23.6. The molecule has 2 heterocycles. The zero-order valence-electron chi connectivity index (χ0n) is 9.57. The average Bonchev–Trinajstić information content (AvgIpc) is 2.91. The lowest BCUT2D eigenvalue weighted by Gasteiger charge is -2.10. The third-order valence-corrected chi connectivity index (χ3v) is 3.63. The summed E-state index contributed by atoms with van der Waals surface area (Å²) in [6.07, 6.45) is 3.01. The maximum Gasteiger partial charge on any atom is 0.433 e. The topological polar surface area (TPSA) is 76.6 Å². The lowest BCUT2D eigenvalue weighted by atomic mass is 10.3. The minimum absolute atomic E-state index is 0.241. The number of furan rings is 1. The van der Waals surface area contributed by atoms with E-state index in [-0.39, 0.29) is 17.6 Å². The maximum atomic E-state index is 12.0. The predicted molar refractivity (Wildman–Crippen MR) is 75.4 cm³/mol. The Morgan fingerprint density at radius 3 is 2.89 bits per heavy atom. The Kier molecular flexibility index (Phi) is 3.82. The third kappa shape index (κ3) is 2.74. The van der Waals surface area contributed by atoms with Gasteiger partial charge in [0, 0.05) is 12.6 Å². The number of hydrogen-bond acceptors (Lipinski definition) is 6. The number of carbonyl (C=O) groups excluding carboxylic acids is 1. The van der Waals surface area contributed by atoms with Gasteiger partial charge in [0.2, 0.25) is 0 Å². The van der Waals surface area contributed by atoms with Crippen LogP contribution in [-0.2, 0) is 4.79 Å². The van der Waals surface area contributed by atoms with Gasteiger partial charge in [0.1, 0.15) is 15.0 Å². The zero-order chi connectivity index (χ0) is 14.0. The average molecular weight is 296 g/mol. The van der Waals surface area contributed by atoms with Gasteiger partial charge in [-0.05, 0) is 6.07 Å². The standard InChI is InChI=1S/C11H8N2O4S2/c1-2-5-12-10(14)8(19-11(12)18)6-7-3-4-9(17-7)13(15)16/h2-4,6H,1,5H2/b8-6-. The molecule has 0 bridgehead atoms. The van der Waals surface area contributed by atoms with E-state index >= 15 is 0 Å². The summed E-state index contributed by atoms with van der Waals surface area (Å²) in [5.41, 5.74) is 0. The largest absolute Gasteiger partial charge is 0.433 e. The molecule has 6 nitrogen and oxygen atoms in total. The van der Waals surface area contributed by atoms with Gasteiger partial charge in [0.25, 0.3) is 5.91 Å². The quantitative estimate of drug-likeness (QED) is 0.279. The first-order chi connectivity index (χ1) is 9.02. The fourth-order valence-electron chi connectivity index (χ4n) is 1.43. The number of nitrogens with zero attached hydrogens (tertiary/aromatic N) is 2. The van der Waals surface area contributed by atoms with E-state index in [4.69, 9.17) is 16.6 Å². The molecular formula is C11H8N2O4S2. The van der Waals surface area contributed by atoms with Gasteiger partial charge >= 0.3 is 5.88 Å². The van der Waals surface area contributed by atoms with Crippen LogP contribution in [0.5, 0.6) is 0 Å². The first kappa shape index (κ1) is 13.5. The third-order valence-electron chi connectivity index (χ3n) is 2.25. The Morgan fingerprint density at radius 1 is 1.58 bits per heavy atom. The van der Waals surface area contributed by atoms with E-state index in [2.05, 4.69) is 6.58 Å². The number of amides is 1. The van der Waals surface area contributed by atoms with Crippen molar-refractivity contribution in [3.63, 3.8) is 0 Å². The summed E-state index contributed by atoms with van der Waals surface area (Å²) in [5, 5.41) is 10.5. The zero-order valence-corrected chi connectivity index (χ0v) is 11.2. The molecule has 1 aliphatic heterocycles. The van der Waals surface area contributed by atoms with Crippen molar-refractivity contribution in [2.45, 2.75) is 0 Å². The van der Waals surface area contributed by atoms with E-state index < -0.39 is 4.92 Å². The van der Waals surface area contributed by atoms with Crippen LogP contribution < -0.4 is 0 Å². The number of thiocarbonyl (C=S) groups is 1. The Labute approximate surface area is 117 Å². The van der Waals surface area contributed by atoms with Crippen LogP contribution >= 0.6 is 24.0 Å². The van der Waals surface area contributed by atoms with Gasteiger partial charge in [-0.3, -0.25) is 19.8 Å². The fraction of sp³-hybridized carbons (Fsp3) is 0.0909. The Bertz CT molecular complexity index is 606. The maximum absolute atomic E-state index is 12.0. The molecule has 1 aliphatic rings. The molecule has 0 N–H and O–H groups in total. The van der Waals surface area contributed by atoms with Crippen LogP contribution in [-0.4, -0.2) is 26.6 Å². The monoisotopic (exact) mass is 296 g/mol. The minimum atomic E-state index is -0.639. The van der Waals surface area contributed by atoms with E-state index in [9.17, 15) is 14.9 Å². The van der Waals surface area contributed by atoms with Gasteiger partial charge in [0.15, 0.2) is 0 Å². The van der Waals surface area contributed by atoms with Gasteiger partial charge in [-0.2, -0.15) is 0 Å². The van der Waals surface area contributed by atoms with E-state index in [0.717, 1.165) is 11.8 Å². The Morgan fingerprint density at radius 2 is 2.32 bits per heavy atom. The summed E-state index contributed by atoms with van der Waals surface area (Å²) in [7, 11) is 0. The molecule has 1 aromatic rings. The molecule has 1 fully saturated rings.